The van der Waals surface area contributed by atoms with E-state index in [-0.39, 0.29) is 6.04 Å². The fraction of sp³-hybridized carbons (Fsp3) is 0.455. The zero-order chi connectivity index (χ0) is 10.1. The topological polar surface area (TPSA) is 55.5 Å². The van der Waals surface area contributed by atoms with E-state index in [1.54, 1.807) is 0 Å². The van der Waals surface area contributed by atoms with Crippen LogP contribution in [-0.4, -0.2) is 17.8 Å². The van der Waals surface area contributed by atoms with E-state index >= 15 is 0 Å². The van der Waals surface area contributed by atoms with Gasteiger partial charge in [0.15, 0.2) is 0 Å². The molecule has 3 N–H and O–H groups in total. The molecule has 1 aromatic carbocycles. The predicted molar refractivity (Wildman–Crippen MR) is 54.3 cm³/mol. The van der Waals surface area contributed by atoms with Crippen LogP contribution in [0.1, 0.15) is 24.2 Å². The van der Waals surface area contributed by atoms with Crippen LogP contribution < -0.4 is 10.5 Å². The van der Waals surface area contributed by atoms with E-state index in [1.165, 1.54) is 0 Å². The summed E-state index contributed by atoms with van der Waals surface area (Å²) in [6.45, 7) is 2.58. The van der Waals surface area contributed by atoms with Gasteiger partial charge in [0.25, 0.3) is 0 Å². The first-order valence-corrected chi connectivity index (χ1v) is 4.91. The van der Waals surface area contributed by atoms with Gasteiger partial charge in [-0.05, 0) is 36.6 Å². The zero-order valence-corrected chi connectivity index (χ0v) is 8.23. The number of nitrogens with two attached hydrogens (primary N) is 1. The van der Waals surface area contributed by atoms with Crippen molar-refractivity contribution in [2.75, 3.05) is 6.61 Å². The smallest absolute Gasteiger partial charge is 0.119 e. The second-order valence-electron chi connectivity index (χ2n) is 3.61. The van der Waals surface area contributed by atoms with Gasteiger partial charge in [0, 0.05) is 6.04 Å². The van der Waals surface area contributed by atoms with Gasteiger partial charge in [-0.15, -0.1) is 0 Å². The maximum absolute atomic E-state index is 9.76. The van der Waals surface area contributed by atoms with Gasteiger partial charge in [-0.25, -0.2) is 0 Å². The van der Waals surface area contributed by atoms with Gasteiger partial charge in [-0.1, -0.05) is 6.07 Å². The van der Waals surface area contributed by atoms with Crippen molar-refractivity contribution in [1.82, 2.24) is 0 Å². The third-order valence-electron chi connectivity index (χ3n) is 2.61. The van der Waals surface area contributed by atoms with E-state index in [1.807, 2.05) is 25.1 Å². The normalized spacial score (nSPS) is 24.8. The van der Waals surface area contributed by atoms with Gasteiger partial charge in [0.2, 0.25) is 0 Å². The number of hydrogen-bond donors (Lipinski definition) is 2. The largest absolute Gasteiger partial charge is 0.494 e. The average molecular weight is 193 g/mol. The summed E-state index contributed by atoms with van der Waals surface area (Å²) in [5.41, 5.74) is 7.81. The molecule has 0 saturated heterocycles. The molecule has 1 aliphatic carbocycles. The second kappa shape index (κ2) is 3.59. The number of fused-ring (bicyclic) bond motifs is 1. The first-order chi connectivity index (χ1) is 6.72. The van der Waals surface area contributed by atoms with Crippen molar-refractivity contribution in [3.8, 4) is 5.75 Å². The molecule has 3 nitrogen and oxygen atoms in total. The number of aliphatic hydroxyl groups is 1. The van der Waals surface area contributed by atoms with Gasteiger partial charge in [0.1, 0.15) is 5.75 Å². The van der Waals surface area contributed by atoms with Crippen LogP contribution in [0.3, 0.4) is 0 Å². The van der Waals surface area contributed by atoms with Crippen LogP contribution >= 0.6 is 0 Å². The minimum absolute atomic E-state index is 0.165. The van der Waals surface area contributed by atoms with Crippen molar-refractivity contribution in [1.29, 1.82) is 0 Å². The van der Waals surface area contributed by atoms with Gasteiger partial charge in [-0.2, -0.15) is 0 Å². The fourth-order valence-electron chi connectivity index (χ4n) is 1.89. The Morgan fingerprint density at radius 1 is 1.57 bits per heavy atom. The number of aliphatic hydroxyl groups excluding tert-OH is 1. The van der Waals surface area contributed by atoms with E-state index in [9.17, 15) is 5.11 Å². The summed E-state index contributed by atoms with van der Waals surface area (Å²) in [7, 11) is 0. The van der Waals surface area contributed by atoms with Crippen LogP contribution in [0.5, 0.6) is 5.75 Å². The van der Waals surface area contributed by atoms with Crippen LogP contribution in [0.15, 0.2) is 18.2 Å². The van der Waals surface area contributed by atoms with Crippen LogP contribution in [0.4, 0.5) is 0 Å². The lowest BCUT2D eigenvalue weighted by Gasteiger charge is -2.09. The molecule has 0 unspecified atom stereocenters. The Morgan fingerprint density at radius 3 is 3.07 bits per heavy atom. The number of benzene rings is 1. The molecule has 0 fully saturated rings. The maximum Gasteiger partial charge on any atom is 0.119 e. The molecule has 1 aliphatic rings. The molecule has 0 radical (unpaired) electrons. The Hall–Kier alpha value is -1.06. The molecule has 2 atom stereocenters. The second-order valence-corrected chi connectivity index (χ2v) is 3.61. The van der Waals surface area contributed by atoms with E-state index in [4.69, 9.17) is 10.5 Å². The first kappa shape index (κ1) is 9.49. The van der Waals surface area contributed by atoms with E-state index in [0.29, 0.717) is 6.61 Å². The van der Waals surface area contributed by atoms with Gasteiger partial charge >= 0.3 is 0 Å². The molecule has 0 amide bonds. The Balaban J connectivity index is 2.31. The molecule has 0 heterocycles. The SMILES string of the molecule is CCOc1ccc2c(c1)[C@@H](O)[C@H](N)C2. The molecule has 3 heteroatoms. The Labute approximate surface area is 83.5 Å². The Morgan fingerprint density at radius 2 is 2.36 bits per heavy atom. The standard InChI is InChI=1S/C11H15NO2/c1-2-14-8-4-3-7-5-10(12)11(13)9(7)6-8/h3-4,6,10-11,13H,2,5,12H2,1H3/t10-,11-/m1/s1. The van der Waals surface area contributed by atoms with E-state index in [0.717, 1.165) is 23.3 Å². The van der Waals surface area contributed by atoms with Crippen LogP contribution in [0, 0.1) is 0 Å². The first-order valence-electron chi connectivity index (χ1n) is 4.91. The quantitative estimate of drug-likeness (QED) is 0.736. The van der Waals surface area contributed by atoms with E-state index < -0.39 is 6.10 Å². The lowest BCUT2D eigenvalue weighted by atomic mass is 10.1. The molecule has 2 rings (SSSR count). The summed E-state index contributed by atoms with van der Waals surface area (Å²) in [5, 5.41) is 9.76. The van der Waals surface area contributed by atoms with Crippen LogP contribution in [0.25, 0.3) is 0 Å². The lowest BCUT2D eigenvalue weighted by Crippen LogP contribution is -2.24. The Bertz CT molecular complexity index is 338. The average Bonchev–Trinajstić information content (AvgIpc) is 2.45. The molecule has 0 bridgehead atoms. The summed E-state index contributed by atoms with van der Waals surface area (Å²) in [6, 6.07) is 5.63. The van der Waals surface area contributed by atoms with E-state index in [2.05, 4.69) is 0 Å². The van der Waals surface area contributed by atoms with Crippen molar-refractivity contribution in [3.05, 3.63) is 29.3 Å². The Kier molecular flexibility index (Phi) is 2.44. The van der Waals surface area contributed by atoms with Crippen molar-refractivity contribution >= 4 is 0 Å². The minimum atomic E-state index is -0.537. The third kappa shape index (κ3) is 1.49. The molecule has 0 spiro atoms. The molecule has 1 aromatic rings. The highest BCUT2D eigenvalue weighted by Gasteiger charge is 2.28. The molecule has 14 heavy (non-hydrogen) atoms. The van der Waals surface area contributed by atoms with Gasteiger partial charge in [0.05, 0.1) is 12.7 Å². The van der Waals surface area contributed by atoms with Gasteiger partial charge in [-0.3, -0.25) is 0 Å². The number of ether oxygens (including phenoxy) is 1. The van der Waals surface area contributed by atoms with Crippen LogP contribution in [0.2, 0.25) is 0 Å². The van der Waals surface area contributed by atoms with Crippen LogP contribution in [-0.2, 0) is 6.42 Å². The molecular weight excluding hydrogens is 178 g/mol. The van der Waals surface area contributed by atoms with Crippen molar-refractivity contribution in [2.24, 2.45) is 5.73 Å². The lowest BCUT2D eigenvalue weighted by molar-refractivity contribution is 0.159. The molecular formula is C11H15NO2. The highest BCUT2D eigenvalue weighted by Crippen LogP contribution is 2.32. The minimum Gasteiger partial charge on any atom is -0.494 e. The summed E-state index contributed by atoms with van der Waals surface area (Å²) < 4.78 is 5.36. The predicted octanol–water partition coefficient (Wildman–Crippen LogP) is 1.00. The highest BCUT2D eigenvalue weighted by atomic mass is 16.5. The summed E-state index contributed by atoms with van der Waals surface area (Å²) in [6.07, 6.45) is 0.216. The molecule has 0 aromatic heterocycles. The monoisotopic (exact) mass is 193 g/mol. The molecule has 0 saturated carbocycles. The highest BCUT2D eigenvalue weighted by molar-refractivity contribution is 5.41. The molecule has 76 valence electrons. The zero-order valence-electron chi connectivity index (χ0n) is 8.23. The summed E-state index contributed by atoms with van der Waals surface area (Å²) in [4.78, 5) is 0. The fourth-order valence-corrected chi connectivity index (χ4v) is 1.89. The number of hydrogen-bond acceptors (Lipinski definition) is 3. The molecule has 0 aliphatic heterocycles. The summed E-state index contributed by atoms with van der Waals surface area (Å²) >= 11 is 0. The maximum atomic E-state index is 9.76. The van der Waals surface area contributed by atoms with Crippen molar-refractivity contribution < 1.29 is 9.84 Å². The summed E-state index contributed by atoms with van der Waals surface area (Å²) in [5.74, 6) is 0.805. The van der Waals surface area contributed by atoms with Crippen molar-refractivity contribution in [3.63, 3.8) is 0 Å². The number of rotatable bonds is 2. The van der Waals surface area contributed by atoms with Gasteiger partial charge < -0.3 is 15.6 Å². The van der Waals surface area contributed by atoms with Crippen molar-refractivity contribution in [2.45, 2.75) is 25.5 Å². The third-order valence-corrected chi connectivity index (χ3v) is 2.61.